The molecule has 4 rings (SSSR count). The summed E-state index contributed by atoms with van der Waals surface area (Å²) in [5.74, 6) is 2.33. The fourth-order valence-electron chi connectivity index (χ4n) is 5.24. The highest BCUT2D eigenvalue weighted by Crippen LogP contribution is 2.49. The number of thiophene rings is 1. The summed E-state index contributed by atoms with van der Waals surface area (Å²) in [5.41, 5.74) is 1.02. The molecule has 0 saturated heterocycles. The molecular weight excluding hydrogens is 402 g/mol. The van der Waals surface area contributed by atoms with Crippen molar-refractivity contribution in [1.82, 2.24) is 14.9 Å². The largest absolute Gasteiger partial charge is 0.352 e. The van der Waals surface area contributed by atoms with E-state index in [1.807, 2.05) is 27.7 Å². The molecule has 0 aliphatic heterocycles. The molecule has 2 fully saturated rings. The number of rotatable bonds is 6. The molecule has 2 saturated carbocycles. The van der Waals surface area contributed by atoms with Crippen LogP contribution in [0.3, 0.4) is 0 Å². The van der Waals surface area contributed by atoms with E-state index in [-0.39, 0.29) is 22.8 Å². The molecular formula is C22H31N3O2S2. The summed E-state index contributed by atoms with van der Waals surface area (Å²) in [5, 5.41) is 4.33. The highest BCUT2D eigenvalue weighted by atomic mass is 32.2. The number of hydrogen-bond donors (Lipinski definition) is 1. The number of aryl methyl sites for hydroxylation is 2. The summed E-state index contributed by atoms with van der Waals surface area (Å²) in [6.07, 6.45) is 5.31. The van der Waals surface area contributed by atoms with Crippen molar-refractivity contribution in [2.24, 2.45) is 17.8 Å². The lowest BCUT2D eigenvalue weighted by atomic mass is 9.84. The molecule has 2 aliphatic carbocycles. The van der Waals surface area contributed by atoms with Crippen LogP contribution in [0.2, 0.25) is 0 Å². The van der Waals surface area contributed by atoms with Crippen LogP contribution in [-0.4, -0.2) is 26.8 Å². The Morgan fingerprint density at radius 3 is 2.69 bits per heavy atom. The molecule has 2 heterocycles. The van der Waals surface area contributed by atoms with Gasteiger partial charge in [-0.1, -0.05) is 18.2 Å². The van der Waals surface area contributed by atoms with Crippen LogP contribution in [-0.2, 0) is 11.3 Å². The van der Waals surface area contributed by atoms with Crippen LogP contribution in [0.25, 0.3) is 10.2 Å². The van der Waals surface area contributed by atoms with E-state index in [2.05, 4.69) is 12.2 Å². The number of amides is 1. The van der Waals surface area contributed by atoms with E-state index in [1.54, 1.807) is 15.9 Å². The molecule has 2 aromatic rings. The summed E-state index contributed by atoms with van der Waals surface area (Å²) in [6, 6.07) is 0.215. The first-order chi connectivity index (χ1) is 13.8. The molecule has 0 radical (unpaired) electrons. The van der Waals surface area contributed by atoms with Crippen molar-refractivity contribution >= 4 is 39.2 Å². The Labute approximate surface area is 180 Å². The van der Waals surface area contributed by atoms with Gasteiger partial charge in [0.05, 0.1) is 10.6 Å². The molecule has 0 aromatic carbocycles. The van der Waals surface area contributed by atoms with Crippen molar-refractivity contribution in [2.75, 3.05) is 0 Å². The Balaban J connectivity index is 1.50. The fraction of sp³-hybridized carbons (Fsp3) is 0.682. The molecule has 29 heavy (non-hydrogen) atoms. The maximum atomic E-state index is 13.0. The number of hydrogen-bond acceptors (Lipinski definition) is 5. The fourth-order valence-corrected chi connectivity index (χ4v) is 7.30. The molecule has 5 unspecified atom stereocenters. The molecule has 1 amide bonds. The zero-order chi connectivity index (χ0) is 20.9. The Morgan fingerprint density at radius 1 is 1.31 bits per heavy atom. The third kappa shape index (κ3) is 3.76. The van der Waals surface area contributed by atoms with E-state index in [9.17, 15) is 9.59 Å². The molecule has 1 N–H and O–H groups in total. The highest BCUT2D eigenvalue weighted by molar-refractivity contribution is 8.00. The second-order valence-electron chi connectivity index (χ2n) is 8.80. The van der Waals surface area contributed by atoms with E-state index >= 15 is 0 Å². The maximum absolute atomic E-state index is 13.0. The predicted octanol–water partition coefficient (Wildman–Crippen LogP) is 4.52. The molecule has 2 aliphatic rings. The predicted molar refractivity (Wildman–Crippen MR) is 121 cm³/mol. The molecule has 5 atom stereocenters. The number of thioether (sulfide) groups is 1. The Bertz CT molecular complexity index is 996. The van der Waals surface area contributed by atoms with Gasteiger partial charge in [-0.05, 0) is 77.2 Å². The molecule has 158 valence electrons. The van der Waals surface area contributed by atoms with E-state index < -0.39 is 0 Å². The number of nitrogens with zero attached hydrogens (tertiary/aromatic N) is 2. The van der Waals surface area contributed by atoms with E-state index in [0.29, 0.717) is 17.6 Å². The van der Waals surface area contributed by atoms with Gasteiger partial charge in [-0.2, -0.15) is 0 Å². The van der Waals surface area contributed by atoms with Crippen LogP contribution in [0.15, 0.2) is 9.95 Å². The first-order valence-electron chi connectivity index (χ1n) is 10.8. The topological polar surface area (TPSA) is 64.0 Å². The average Bonchev–Trinajstić information content (AvgIpc) is 3.37. The van der Waals surface area contributed by atoms with Crippen LogP contribution in [0.4, 0.5) is 0 Å². The minimum Gasteiger partial charge on any atom is -0.352 e. The molecule has 7 heteroatoms. The average molecular weight is 434 g/mol. The van der Waals surface area contributed by atoms with Gasteiger partial charge >= 0.3 is 0 Å². The molecule has 0 spiro atoms. The number of carbonyl (C=O) groups is 1. The SMILES string of the molecule is CCn1c(SC(C)C(=O)NC(C)C2CC3CCC2C3)nc2sc(C)c(C)c2c1=O. The van der Waals surface area contributed by atoms with Gasteiger partial charge in [-0.3, -0.25) is 14.2 Å². The standard InChI is InChI=1S/C22H31N3O2S2/c1-6-25-21(27)18-11(2)13(4)28-20(18)24-22(25)29-14(5)19(26)23-12(3)17-10-15-7-8-16(17)9-15/h12,14-17H,6-10H2,1-5H3,(H,23,26). The Morgan fingerprint density at radius 2 is 2.07 bits per heavy atom. The van der Waals surface area contributed by atoms with Crippen LogP contribution in [0, 0.1) is 31.6 Å². The third-order valence-electron chi connectivity index (χ3n) is 7.03. The number of fused-ring (bicyclic) bond motifs is 3. The molecule has 5 nitrogen and oxygen atoms in total. The summed E-state index contributed by atoms with van der Waals surface area (Å²) in [4.78, 5) is 32.6. The zero-order valence-electron chi connectivity index (χ0n) is 17.9. The van der Waals surface area contributed by atoms with Gasteiger partial charge in [0.15, 0.2) is 5.16 Å². The molecule has 2 aromatic heterocycles. The van der Waals surface area contributed by atoms with Crippen molar-refractivity contribution in [3.8, 4) is 0 Å². The van der Waals surface area contributed by atoms with Gasteiger partial charge in [0.25, 0.3) is 5.56 Å². The minimum atomic E-state index is -0.291. The van der Waals surface area contributed by atoms with E-state index in [4.69, 9.17) is 4.98 Å². The van der Waals surface area contributed by atoms with Crippen molar-refractivity contribution in [1.29, 1.82) is 0 Å². The zero-order valence-corrected chi connectivity index (χ0v) is 19.6. The third-order valence-corrected chi connectivity index (χ3v) is 9.22. The lowest BCUT2D eigenvalue weighted by Gasteiger charge is -2.29. The number of carbonyl (C=O) groups excluding carboxylic acids is 1. The Hall–Kier alpha value is -1.34. The van der Waals surface area contributed by atoms with Gasteiger partial charge in [-0.25, -0.2) is 4.98 Å². The van der Waals surface area contributed by atoms with Gasteiger partial charge in [0, 0.05) is 17.5 Å². The van der Waals surface area contributed by atoms with Crippen LogP contribution < -0.4 is 10.9 Å². The van der Waals surface area contributed by atoms with Gasteiger partial charge in [0.1, 0.15) is 4.83 Å². The summed E-state index contributed by atoms with van der Waals surface area (Å²) in [7, 11) is 0. The number of nitrogens with one attached hydrogen (secondary N) is 1. The van der Waals surface area contributed by atoms with Crippen LogP contribution in [0.5, 0.6) is 0 Å². The second kappa shape index (κ2) is 8.06. The molecule has 2 bridgehead atoms. The lowest BCUT2D eigenvalue weighted by molar-refractivity contribution is -0.121. The quantitative estimate of drug-likeness (QED) is 0.537. The van der Waals surface area contributed by atoms with E-state index in [0.717, 1.165) is 32.5 Å². The lowest BCUT2D eigenvalue weighted by Crippen LogP contribution is -2.43. The van der Waals surface area contributed by atoms with Gasteiger partial charge in [-0.15, -0.1) is 11.3 Å². The Kier molecular flexibility index (Phi) is 5.81. The first kappa shape index (κ1) is 20.9. The minimum absolute atomic E-state index is 0.00445. The summed E-state index contributed by atoms with van der Waals surface area (Å²) < 4.78 is 1.70. The normalized spacial score (nSPS) is 25.5. The maximum Gasteiger partial charge on any atom is 0.263 e. The van der Waals surface area contributed by atoms with Crippen molar-refractivity contribution < 1.29 is 4.79 Å². The van der Waals surface area contributed by atoms with Crippen LogP contribution in [0.1, 0.15) is 56.9 Å². The van der Waals surface area contributed by atoms with Gasteiger partial charge < -0.3 is 5.32 Å². The van der Waals surface area contributed by atoms with Crippen molar-refractivity contribution in [2.45, 2.75) is 83.3 Å². The summed E-state index contributed by atoms with van der Waals surface area (Å²) >= 11 is 2.95. The van der Waals surface area contributed by atoms with Gasteiger partial charge in [0.2, 0.25) is 5.91 Å². The van der Waals surface area contributed by atoms with Crippen molar-refractivity contribution in [3.05, 3.63) is 20.8 Å². The van der Waals surface area contributed by atoms with Crippen molar-refractivity contribution in [3.63, 3.8) is 0 Å². The number of aromatic nitrogens is 2. The smallest absolute Gasteiger partial charge is 0.263 e. The monoisotopic (exact) mass is 433 g/mol. The van der Waals surface area contributed by atoms with E-state index in [1.165, 1.54) is 37.4 Å². The summed E-state index contributed by atoms with van der Waals surface area (Å²) in [6.45, 7) is 10.6. The van der Waals surface area contributed by atoms with Crippen LogP contribution >= 0.6 is 23.1 Å². The first-order valence-corrected chi connectivity index (χ1v) is 12.5. The second-order valence-corrected chi connectivity index (χ2v) is 11.3. The highest BCUT2D eigenvalue weighted by Gasteiger charge is 2.42.